The highest BCUT2D eigenvalue weighted by molar-refractivity contribution is 7.18. The lowest BCUT2D eigenvalue weighted by atomic mass is 10.2. The smallest absolute Gasteiger partial charge is 0.267 e. The topological polar surface area (TPSA) is 74.5 Å². The molecule has 2 aromatic rings. The first-order valence-corrected chi connectivity index (χ1v) is 9.43. The van der Waals surface area contributed by atoms with E-state index in [0.29, 0.717) is 15.8 Å². The van der Waals surface area contributed by atoms with Crippen LogP contribution in [0.1, 0.15) is 29.1 Å². The summed E-state index contributed by atoms with van der Waals surface area (Å²) in [5.41, 5.74) is 7.26. The van der Waals surface area contributed by atoms with E-state index >= 15 is 0 Å². The lowest BCUT2D eigenvalue weighted by Gasteiger charge is -2.34. The minimum atomic E-state index is -0.00818. The fourth-order valence-electron chi connectivity index (χ4n) is 2.89. The number of amides is 1. The van der Waals surface area contributed by atoms with E-state index in [2.05, 4.69) is 39.5 Å². The van der Waals surface area contributed by atoms with Gasteiger partial charge in [-0.15, -0.1) is 0 Å². The molecule has 0 atom stereocenters. The molecule has 6 nitrogen and oxygen atoms in total. The lowest BCUT2D eigenvalue weighted by Crippen LogP contribution is -2.48. The molecule has 1 amide bonds. The van der Waals surface area contributed by atoms with Gasteiger partial charge in [0.15, 0.2) is 5.13 Å². The third kappa shape index (κ3) is 4.49. The van der Waals surface area contributed by atoms with Gasteiger partial charge in [0.1, 0.15) is 10.7 Å². The average molecular weight is 359 g/mol. The van der Waals surface area contributed by atoms with Gasteiger partial charge in [0.2, 0.25) is 0 Å². The second-order valence-electron chi connectivity index (χ2n) is 6.59. The van der Waals surface area contributed by atoms with Gasteiger partial charge >= 0.3 is 0 Å². The molecule has 7 heteroatoms. The summed E-state index contributed by atoms with van der Waals surface area (Å²) in [5, 5.41) is 3.91. The van der Waals surface area contributed by atoms with Crippen molar-refractivity contribution in [1.29, 1.82) is 0 Å². The third-order valence-corrected chi connectivity index (χ3v) is 5.16. The molecule has 0 bridgehead atoms. The summed E-state index contributed by atoms with van der Waals surface area (Å²) in [5.74, 6) is 0.316. The molecule has 0 spiro atoms. The fourth-order valence-corrected chi connectivity index (χ4v) is 3.89. The van der Waals surface area contributed by atoms with E-state index in [1.165, 1.54) is 16.9 Å². The van der Waals surface area contributed by atoms with Crippen LogP contribution in [0.3, 0.4) is 0 Å². The van der Waals surface area contributed by atoms with Crippen LogP contribution in [-0.4, -0.2) is 52.9 Å². The van der Waals surface area contributed by atoms with Crippen LogP contribution in [0.15, 0.2) is 30.3 Å². The maximum atomic E-state index is 12.8. The second kappa shape index (κ2) is 7.84. The van der Waals surface area contributed by atoms with Crippen molar-refractivity contribution in [3.63, 3.8) is 0 Å². The molecule has 25 heavy (non-hydrogen) atoms. The molecule has 134 valence electrons. The van der Waals surface area contributed by atoms with Gasteiger partial charge in [-0.2, -0.15) is 0 Å². The molecule has 2 heterocycles. The highest BCUT2D eigenvalue weighted by Crippen LogP contribution is 2.27. The third-order valence-electron chi connectivity index (χ3n) is 4.17. The molecule has 3 rings (SSSR count). The maximum Gasteiger partial charge on any atom is 0.267 e. The van der Waals surface area contributed by atoms with Crippen LogP contribution in [0.2, 0.25) is 0 Å². The zero-order chi connectivity index (χ0) is 17.8. The van der Waals surface area contributed by atoms with E-state index in [0.717, 1.165) is 32.7 Å². The van der Waals surface area contributed by atoms with Gasteiger partial charge in [0.05, 0.1) is 0 Å². The molecule has 0 saturated carbocycles. The first kappa shape index (κ1) is 17.7. The van der Waals surface area contributed by atoms with Crippen molar-refractivity contribution in [3.05, 3.63) is 40.8 Å². The number of hydrogen-bond donors (Lipinski definition) is 2. The number of anilines is 2. The van der Waals surface area contributed by atoms with E-state index in [1.54, 1.807) is 0 Å². The number of nitrogens with one attached hydrogen (secondary N) is 1. The van der Waals surface area contributed by atoms with Gasteiger partial charge in [-0.3, -0.25) is 9.69 Å². The van der Waals surface area contributed by atoms with Crippen LogP contribution in [0.5, 0.6) is 0 Å². The molecular weight excluding hydrogens is 334 g/mol. The Labute approximate surface area is 152 Å². The Balaban J connectivity index is 1.57. The number of aromatic nitrogens is 1. The lowest BCUT2D eigenvalue weighted by molar-refractivity contribution is 0.0634. The second-order valence-corrected chi connectivity index (χ2v) is 7.59. The number of benzene rings is 1. The van der Waals surface area contributed by atoms with Crippen molar-refractivity contribution in [2.75, 3.05) is 37.2 Å². The van der Waals surface area contributed by atoms with Gasteiger partial charge in [-0.05, 0) is 19.4 Å². The van der Waals surface area contributed by atoms with Crippen LogP contribution in [0.4, 0.5) is 10.9 Å². The largest absolute Gasteiger partial charge is 0.382 e. The summed E-state index contributed by atoms with van der Waals surface area (Å²) in [6, 6.07) is 10.7. The Kier molecular flexibility index (Phi) is 5.55. The molecule has 0 radical (unpaired) electrons. The van der Waals surface area contributed by atoms with Gasteiger partial charge in [0.25, 0.3) is 5.91 Å². The van der Waals surface area contributed by atoms with Crippen molar-refractivity contribution in [2.45, 2.75) is 26.4 Å². The number of hydrogen-bond acceptors (Lipinski definition) is 6. The van der Waals surface area contributed by atoms with E-state index in [-0.39, 0.29) is 11.9 Å². The number of carbonyl (C=O) groups is 1. The number of thiazole rings is 1. The fraction of sp³-hybridized carbons (Fsp3) is 0.444. The quantitative estimate of drug-likeness (QED) is 0.858. The Bertz CT molecular complexity index is 708. The van der Waals surface area contributed by atoms with Crippen LogP contribution < -0.4 is 11.1 Å². The number of nitrogen functional groups attached to an aromatic ring is 1. The number of rotatable bonds is 5. The Morgan fingerprint density at radius 3 is 2.56 bits per heavy atom. The highest BCUT2D eigenvalue weighted by atomic mass is 32.1. The minimum Gasteiger partial charge on any atom is -0.382 e. The monoisotopic (exact) mass is 359 g/mol. The minimum absolute atomic E-state index is 0.00818. The SMILES string of the molecule is CC(C)Nc1nc(N)c(C(=O)N2CCN(Cc3ccccc3)CC2)s1. The molecule has 1 aromatic carbocycles. The van der Waals surface area contributed by atoms with Crippen molar-refractivity contribution in [1.82, 2.24) is 14.8 Å². The first-order chi connectivity index (χ1) is 12.0. The van der Waals surface area contributed by atoms with Crippen molar-refractivity contribution < 1.29 is 4.79 Å². The van der Waals surface area contributed by atoms with Crippen LogP contribution in [0, 0.1) is 0 Å². The average Bonchev–Trinajstić information content (AvgIpc) is 2.95. The maximum absolute atomic E-state index is 12.8. The molecule has 1 aromatic heterocycles. The number of piperazine rings is 1. The summed E-state index contributed by atoms with van der Waals surface area (Å²) in [4.78, 5) is 21.8. The number of nitrogens with zero attached hydrogens (tertiary/aromatic N) is 3. The molecule has 1 fully saturated rings. The van der Waals surface area contributed by atoms with Gasteiger partial charge < -0.3 is 16.0 Å². The summed E-state index contributed by atoms with van der Waals surface area (Å²) >= 11 is 1.34. The van der Waals surface area contributed by atoms with Gasteiger partial charge in [-0.25, -0.2) is 4.98 Å². The molecular formula is C18H25N5OS. The molecule has 1 aliphatic heterocycles. The van der Waals surface area contributed by atoms with Crippen molar-refractivity contribution >= 4 is 28.2 Å². The van der Waals surface area contributed by atoms with E-state index < -0.39 is 0 Å². The van der Waals surface area contributed by atoms with Crippen molar-refractivity contribution in [2.24, 2.45) is 0 Å². The Morgan fingerprint density at radius 2 is 1.92 bits per heavy atom. The molecule has 1 saturated heterocycles. The Hall–Kier alpha value is -2.12. The number of nitrogens with two attached hydrogens (primary N) is 1. The molecule has 0 aliphatic carbocycles. The first-order valence-electron chi connectivity index (χ1n) is 8.61. The normalized spacial score (nSPS) is 15.6. The van der Waals surface area contributed by atoms with Crippen LogP contribution in [0.25, 0.3) is 0 Å². The standard InChI is InChI=1S/C18H25N5OS/c1-13(2)20-18-21-16(19)15(25-18)17(24)23-10-8-22(9-11-23)12-14-6-4-3-5-7-14/h3-7,13H,8-12,19H2,1-2H3,(H,20,21). The van der Waals surface area contributed by atoms with Crippen molar-refractivity contribution in [3.8, 4) is 0 Å². The molecule has 0 unspecified atom stereocenters. The van der Waals surface area contributed by atoms with Crippen LogP contribution >= 0.6 is 11.3 Å². The Morgan fingerprint density at radius 1 is 1.24 bits per heavy atom. The predicted molar refractivity (Wildman–Crippen MR) is 103 cm³/mol. The highest BCUT2D eigenvalue weighted by Gasteiger charge is 2.26. The number of carbonyl (C=O) groups excluding carboxylic acids is 1. The zero-order valence-electron chi connectivity index (χ0n) is 14.7. The predicted octanol–water partition coefficient (Wildman–Crippen LogP) is 2.50. The zero-order valence-corrected chi connectivity index (χ0v) is 15.6. The molecule has 1 aliphatic rings. The van der Waals surface area contributed by atoms with E-state index in [1.807, 2.05) is 24.8 Å². The van der Waals surface area contributed by atoms with E-state index in [9.17, 15) is 4.79 Å². The van der Waals surface area contributed by atoms with E-state index in [4.69, 9.17) is 5.73 Å². The summed E-state index contributed by atoms with van der Waals surface area (Å²) in [7, 11) is 0. The molecule has 3 N–H and O–H groups in total. The summed E-state index contributed by atoms with van der Waals surface area (Å²) in [6.07, 6.45) is 0. The van der Waals surface area contributed by atoms with Crippen LogP contribution in [-0.2, 0) is 6.54 Å². The van der Waals surface area contributed by atoms with Gasteiger partial charge in [0, 0.05) is 38.8 Å². The summed E-state index contributed by atoms with van der Waals surface area (Å²) < 4.78 is 0. The summed E-state index contributed by atoms with van der Waals surface area (Å²) in [6.45, 7) is 8.17. The van der Waals surface area contributed by atoms with Gasteiger partial charge in [-0.1, -0.05) is 41.7 Å².